The van der Waals surface area contributed by atoms with Crippen molar-refractivity contribution in [2.75, 3.05) is 12.3 Å². The standard InChI is InChI=1S/C14H24N2O4S/c1-13(2,8-11(18)19)7-10(17)16-12(20)15-9-14(3)5-4-6-21-14/h4-9H2,1-3H3,(H,18,19)(H2,15,16,17,20). The summed E-state index contributed by atoms with van der Waals surface area (Å²) >= 11 is 1.83. The Hall–Kier alpha value is -1.24. The molecule has 3 N–H and O–H groups in total. The van der Waals surface area contributed by atoms with Gasteiger partial charge in [0.2, 0.25) is 5.91 Å². The molecule has 0 bridgehead atoms. The second kappa shape index (κ2) is 7.15. The maximum atomic E-state index is 11.8. The molecule has 7 heteroatoms. The van der Waals surface area contributed by atoms with Gasteiger partial charge in [-0.15, -0.1) is 0 Å². The number of carboxylic acids is 1. The fourth-order valence-corrected chi connectivity index (χ4v) is 3.61. The molecule has 120 valence electrons. The molecule has 1 atom stereocenters. The molecule has 3 amide bonds. The van der Waals surface area contributed by atoms with Crippen LogP contribution in [0, 0.1) is 5.41 Å². The molecule has 0 spiro atoms. The molecule has 0 aromatic rings. The lowest BCUT2D eigenvalue weighted by Gasteiger charge is -2.24. The van der Waals surface area contributed by atoms with Gasteiger partial charge in [-0.2, -0.15) is 11.8 Å². The van der Waals surface area contributed by atoms with Gasteiger partial charge in [-0.1, -0.05) is 13.8 Å². The number of carboxylic acid groups (broad SMARTS) is 1. The van der Waals surface area contributed by atoms with Crippen molar-refractivity contribution in [1.82, 2.24) is 10.6 Å². The summed E-state index contributed by atoms with van der Waals surface area (Å²) < 4.78 is 0.0446. The fraction of sp³-hybridized carbons (Fsp3) is 0.786. The maximum absolute atomic E-state index is 11.8. The predicted molar refractivity (Wildman–Crippen MR) is 82.3 cm³/mol. The molecule has 0 aromatic carbocycles. The number of aliphatic carboxylic acids is 1. The van der Waals surface area contributed by atoms with Crippen molar-refractivity contribution in [2.45, 2.75) is 51.2 Å². The van der Waals surface area contributed by atoms with Crippen LogP contribution in [0.5, 0.6) is 0 Å². The summed E-state index contributed by atoms with van der Waals surface area (Å²) in [5, 5.41) is 13.7. The highest BCUT2D eigenvalue weighted by molar-refractivity contribution is 8.00. The third kappa shape index (κ3) is 6.84. The van der Waals surface area contributed by atoms with Crippen LogP contribution in [0.15, 0.2) is 0 Å². The highest BCUT2D eigenvalue weighted by Gasteiger charge is 2.30. The zero-order chi connectivity index (χ0) is 16.1. The minimum absolute atomic E-state index is 0.00125. The number of nitrogens with one attached hydrogen (secondary N) is 2. The summed E-state index contributed by atoms with van der Waals surface area (Å²) in [5.74, 6) is -0.311. The molecule has 1 fully saturated rings. The van der Waals surface area contributed by atoms with Crippen LogP contribution in [-0.4, -0.2) is 40.1 Å². The van der Waals surface area contributed by atoms with Gasteiger partial charge >= 0.3 is 12.0 Å². The largest absolute Gasteiger partial charge is 0.481 e. The van der Waals surface area contributed by atoms with E-state index in [2.05, 4.69) is 17.6 Å². The van der Waals surface area contributed by atoms with E-state index in [4.69, 9.17) is 5.11 Å². The second-order valence-electron chi connectivity index (χ2n) is 6.54. The second-order valence-corrected chi connectivity index (χ2v) is 8.23. The van der Waals surface area contributed by atoms with E-state index in [0.29, 0.717) is 6.54 Å². The van der Waals surface area contributed by atoms with Gasteiger partial charge in [-0.05, 0) is 30.9 Å². The Kier molecular flexibility index (Phi) is 6.07. The smallest absolute Gasteiger partial charge is 0.321 e. The van der Waals surface area contributed by atoms with Gasteiger partial charge in [0.1, 0.15) is 0 Å². The van der Waals surface area contributed by atoms with Gasteiger partial charge < -0.3 is 10.4 Å². The molecule has 1 aliphatic rings. The number of urea groups is 1. The fourth-order valence-electron chi connectivity index (χ4n) is 2.37. The van der Waals surface area contributed by atoms with E-state index in [9.17, 15) is 14.4 Å². The maximum Gasteiger partial charge on any atom is 0.321 e. The molecule has 1 aliphatic heterocycles. The first kappa shape index (κ1) is 17.8. The molecular weight excluding hydrogens is 292 g/mol. The summed E-state index contributed by atoms with van der Waals surface area (Å²) in [6.07, 6.45) is 2.08. The van der Waals surface area contributed by atoms with Crippen LogP contribution < -0.4 is 10.6 Å². The molecule has 1 saturated heterocycles. The number of hydrogen-bond donors (Lipinski definition) is 3. The minimum atomic E-state index is -0.955. The lowest BCUT2D eigenvalue weighted by molar-refractivity contribution is -0.139. The molecule has 1 unspecified atom stereocenters. The number of carbonyl (C=O) groups excluding carboxylic acids is 2. The van der Waals surface area contributed by atoms with Crippen molar-refractivity contribution in [2.24, 2.45) is 5.41 Å². The predicted octanol–water partition coefficient (Wildman–Crippen LogP) is 1.99. The first-order chi connectivity index (χ1) is 9.62. The lowest BCUT2D eigenvalue weighted by atomic mass is 9.85. The van der Waals surface area contributed by atoms with Crippen LogP contribution in [-0.2, 0) is 9.59 Å². The van der Waals surface area contributed by atoms with E-state index in [1.165, 1.54) is 0 Å². The summed E-state index contributed by atoms with van der Waals surface area (Å²) in [5.41, 5.74) is -0.677. The van der Waals surface area contributed by atoms with Crippen molar-refractivity contribution in [3.63, 3.8) is 0 Å². The van der Waals surface area contributed by atoms with Crippen LogP contribution in [0.2, 0.25) is 0 Å². The van der Waals surface area contributed by atoms with Gasteiger partial charge in [0.15, 0.2) is 0 Å². The Balaban J connectivity index is 2.33. The number of rotatable bonds is 6. The van der Waals surface area contributed by atoms with Gasteiger partial charge in [-0.25, -0.2) is 4.79 Å². The lowest BCUT2D eigenvalue weighted by Crippen LogP contribution is -2.45. The first-order valence-electron chi connectivity index (χ1n) is 7.05. The number of carbonyl (C=O) groups is 3. The Labute approximate surface area is 129 Å². The molecule has 21 heavy (non-hydrogen) atoms. The van der Waals surface area contributed by atoms with E-state index in [0.717, 1.165) is 18.6 Å². The zero-order valence-electron chi connectivity index (χ0n) is 12.8. The van der Waals surface area contributed by atoms with Gasteiger partial charge in [-0.3, -0.25) is 14.9 Å². The third-order valence-electron chi connectivity index (χ3n) is 3.45. The SMILES string of the molecule is CC(C)(CC(=O)O)CC(=O)NC(=O)NCC1(C)CCCS1. The zero-order valence-corrected chi connectivity index (χ0v) is 13.6. The van der Waals surface area contributed by atoms with E-state index >= 15 is 0 Å². The van der Waals surface area contributed by atoms with E-state index in [1.54, 1.807) is 13.8 Å². The van der Waals surface area contributed by atoms with Crippen LogP contribution >= 0.6 is 11.8 Å². The molecule has 0 radical (unpaired) electrons. The molecule has 6 nitrogen and oxygen atoms in total. The van der Waals surface area contributed by atoms with Crippen LogP contribution in [0.4, 0.5) is 4.79 Å². The Morgan fingerprint density at radius 3 is 2.48 bits per heavy atom. The van der Waals surface area contributed by atoms with Gasteiger partial charge in [0.25, 0.3) is 0 Å². The number of thioether (sulfide) groups is 1. The van der Waals surface area contributed by atoms with E-state index in [-0.39, 0.29) is 17.6 Å². The monoisotopic (exact) mass is 316 g/mol. The van der Waals surface area contributed by atoms with Gasteiger partial charge in [0, 0.05) is 17.7 Å². The quantitative estimate of drug-likeness (QED) is 0.696. The summed E-state index contributed by atoms with van der Waals surface area (Å²) in [6.45, 7) is 6.00. The summed E-state index contributed by atoms with van der Waals surface area (Å²) in [6, 6.07) is -0.514. The highest BCUT2D eigenvalue weighted by Crippen LogP contribution is 2.36. The normalized spacial score (nSPS) is 21.9. The van der Waals surface area contributed by atoms with Crippen molar-refractivity contribution in [3.8, 4) is 0 Å². The molecule has 1 rings (SSSR count). The minimum Gasteiger partial charge on any atom is -0.481 e. The Morgan fingerprint density at radius 2 is 1.95 bits per heavy atom. The Bertz CT molecular complexity index is 417. The molecule has 0 aliphatic carbocycles. The topological polar surface area (TPSA) is 95.5 Å². The molecular formula is C14H24N2O4S. The van der Waals surface area contributed by atoms with Crippen molar-refractivity contribution in [3.05, 3.63) is 0 Å². The number of hydrogen-bond acceptors (Lipinski definition) is 4. The van der Waals surface area contributed by atoms with E-state index < -0.39 is 23.3 Å². The van der Waals surface area contributed by atoms with Crippen molar-refractivity contribution < 1.29 is 19.5 Å². The summed E-state index contributed by atoms with van der Waals surface area (Å²) in [4.78, 5) is 34.1. The third-order valence-corrected chi connectivity index (χ3v) is 4.98. The number of amides is 3. The molecule has 1 heterocycles. The average molecular weight is 316 g/mol. The highest BCUT2D eigenvalue weighted by atomic mass is 32.2. The molecule has 0 saturated carbocycles. The van der Waals surface area contributed by atoms with Crippen molar-refractivity contribution in [1.29, 1.82) is 0 Å². The Morgan fingerprint density at radius 1 is 1.29 bits per heavy atom. The van der Waals surface area contributed by atoms with Crippen LogP contribution in [0.1, 0.15) is 46.5 Å². The van der Waals surface area contributed by atoms with Crippen LogP contribution in [0.25, 0.3) is 0 Å². The molecule has 0 aromatic heterocycles. The average Bonchev–Trinajstić information content (AvgIpc) is 2.71. The first-order valence-corrected chi connectivity index (χ1v) is 8.04. The van der Waals surface area contributed by atoms with Crippen LogP contribution in [0.3, 0.4) is 0 Å². The van der Waals surface area contributed by atoms with Gasteiger partial charge in [0.05, 0.1) is 6.42 Å². The van der Waals surface area contributed by atoms with E-state index in [1.807, 2.05) is 11.8 Å². The van der Waals surface area contributed by atoms with Crippen molar-refractivity contribution >= 4 is 29.7 Å². The summed E-state index contributed by atoms with van der Waals surface area (Å²) in [7, 11) is 0. The number of imide groups is 1.